The van der Waals surface area contributed by atoms with Crippen LogP contribution in [0.5, 0.6) is 0 Å². The summed E-state index contributed by atoms with van der Waals surface area (Å²) in [6.07, 6.45) is 2.10. The molecule has 0 bridgehead atoms. The van der Waals surface area contributed by atoms with Crippen molar-refractivity contribution in [1.82, 2.24) is 10.2 Å². The summed E-state index contributed by atoms with van der Waals surface area (Å²) in [5.74, 6) is -0.684. The number of nitrogens with one attached hydrogen (secondary N) is 1. The van der Waals surface area contributed by atoms with E-state index in [0.29, 0.717) is 18.2 Å². The predicted octanol–water partition coefficient (Wildman–Crippen LogP) is 2.54. The van der Waals surface area contributed by atoms with Crippen molar-refractivity contribution in [2.75, 3.05) is 19.6 Å². The van der Waals surface area contributed by atoms with E-state index < -0.39 is 0 Å². The van der Waals surface area contributed by atoms with Gasteiger partial charge < -0.3 is 5.32 Å². The average Bonchev–Trinajstić information content (AvgIpc) is 2.87. The number of hydrogen-bond acceptors (Lipinski definition) is 2. The zero-order valence-electron chi connectivity index (χ0n) is 10.8. The minimum Gasteiger partial charge on any atom is -0.315 e. The van der Waals surface area contributed by atoms with Gasteiger partial charge in [0.25, 0.3) is 0 Å². The van der Waals surface area contributed by atoms with Crippen LogP contribution in [0.1, 0.15) is 25.3 Å². The Hall–Kier alpha value is -1.00. The van der Waals surface area contributed by atoms with Crippen LogP contribution in [0.15, 0.2) is 18.2 Å². The van der Waals surface area contributed by atoms with Crippen LogP contribution in [-0.4, -0.2) is 30.6 Å². The maximum atomic E-state index is 13.6. The Bertz CT molecular complexity index is 389. The van der Waals surface area contributed by atoms with Crippen LogP contribution in [0.25, 0.3) is 0 Å². The molecule has 1 fully saturated rings. The lowest BCUT2D eigenvalue weighted by Gasteiger charge is -2.28. The second-order valence-corrected chi connectivity index (χ2v) is 4.85. The minimum atomic E-state index is -0.368. The molecule has 1 atom stereocenters. The molecule has 1 unspecified atom stereocenters. The van der Waals surface area contributed by atoms with Crippen LogP contribution in [0, 0.1) is 11.6 Å². The Balaban J connectivity index is 2.09. The van der Waals surface area contributed by atoms with Crippen molar-refractivity contribution in [3.05, 3.63) is 35.4 Å². The highest BCUT2D eigenvalue weighted by Gasteiger charge is 2.22. The van der Waals surface area contributed by atoms with Crippen LogP contribution in [0.2, 0.25) is 0 Å². The molecule has 1 aliphatic rings. The van der Waals surface area contributed by atoms with Gasteiger partial charge in [0, 0.05) is 24.7 Å². The molecule has 0 saturated carbocycles. The van der Waals surface area contributed by atoms with Crippen LogP contribution < -0.4 is 5.32 Å². The number of hydrogen-bond donors (Lipinski definition) is 1. The molecule has 100 valence electrons. The molecule has 0 aliphatic carbocycles. The molecule has 2 nitrogen and oxygen atoms in total. The van der Waals surface area contributed by atoms with Gasteiger partial charge in [-0.2, -0.15) is 0 Å². The van der Waals surface area contributed by atoms with Crippen molar-refractivity contribution >= 4 is 0 Å². The summed E-state index contributed by atoms with van der Waals surface area (Å²) in [6.45, 7) is 5.47. The van der Waals surface area contributed by atoms with Gasteiger partial charge in [-0.25, -0.2) is 8.78 Å². The number of benzene rings is 1. The molecule has 1 aromatic carbocycles. The first-order valence-corrected chi connectivity index (χ1v) is 6.59. The molecule has 4 heteroatoms. The first-order chi connectivity index (χ1) is 8.70. The van der Waals surface area contributed by atoms with Gasteiger partial charge in [0.1, 0.15) is 11.6 Å². The quantitative estimate of drug-likeness (QED) is 0.868. The van der Waals surface area contributed by atoms with Gasteiger partial charge >= 0.3 is 0 Å². The molecule has 0 spiro atoms. The van der Waals surface area contributed by atoms with Gasteiger partial charge in [0.05, 0.1) is 0 Å². The Morgan fingerprint density at radius 3 is 2.89 bits per heavy atom. The topological polar surface area (TPSA) is 15.3 Å². The van der Waals surface area contributed by atoms with Crippen molar-refractivity contribution in [1.29, 1.82) is 0 Å². The molecular weight excluding hydrogens is 234 g/mol. The molecule has 1 heterocycles. The third kappa shape index (κ3) is 3.27. The molecule has 1 aromatic rings. The van der Waals surface area contributed by atoms with Crippen LogP contribution in [-0.2, 0) is 6.54 Å². The van der Waals surface area contributed by atoms with E-state index in [4.69, 9.17) is 0 Å². The summed E-state index contributed by atoms with van der Waals surface area (Å²) < 4.78 is 26.8. The largest absolute Gasteiger partial charge is 0.315 e. The first kappa shape index (κ1) is 13.4. The average molecular weight is 254 g/mol. The van der Waals surface area contributed by atoms with E-state index in [1.807, 2.05) is 0 Å². The fraction of sp³-hybridized carbons (Fsp3) is 0.571. The van der Waals surface area contributed by atoms with Crippen molar-refractivity contribution < 1.29 is 8.78 Å². The molecule has 2 rings (SSSR count). The lowest BCUT2D eigenvalue weighted by atomic mass is 10.1. The highest BCUT2D eigenvalue weighted by molar-refractivity contribution is 5.18. The van der Waals surface area contributed by atoms with Crippen LogP contribution in [0.3, 0.4) is 0 Å². The van der Waals surface area contributed by atoms with E-state index in [1.54, 1.807) is 0 Å². The molecule has 18 heavy (non-hydrogen) atoms. The maximum absolute atomic E-state index is 13.6. The zero-order valence-corrected chi connectivity index (χ0v) is 10.8. The van der Waals surface area contributed by atoms with E-state index in [2.05, 4.69) is 17.1 Å². The van der Waals surface area contributed by atoms with Gasteiger partial charge in [0.2, 0.25) is 0 Å². The Labute approximate surface area is 107 Å². The van der Waals surface area contributed by atoms with Crippen molar-refractivity contribution in [3.63, 3.8) is 0 Å². The van der Waals surface area contributed by atoms with Gasteiger partial charge in [0.15, 0.2) is 0 Å². The summed E-state index contributed by atoms with van der Waals surface area (Å²) in [7, 11) is 0. The third-order valence-corrected chi connectivity index (χ3v) is 3.44. The predicted molar refractivity (Wildman–Crippen MR) is 68.3 cm³/mol. The monoisotopic (exact) mass is 254 g/mol. The standard InChI is InChI=1S/C14H20F2N2/c1-2-7-18(13-5-6-17-9-13)10-11-8-12(15)3-4-14(11)16/h3-4,8,13,17H,2,5-7,9-10H2,1H3. The highest BCUT2D eigenvalue weighted by atomic mass is 19.1. The lowest BCUT2D eigenvalue weighted by molar-refractivity contribution is 0.197. The maximum Gasteiger partial charge on any atom is 0.127 e. The minimum absolute atomic E-state index is 0.316. The SMILES string of the molecule is CCCN(Cc1cc(F)ccc1F)C1CCNC1. The van der Waals surface area contributed by atoms with Crippen molar-refractivity contribution in [2.45, 2.75) is 32.4 Å². The molecule has 0 aromatic heterocycles. The fourth-order valence-corrected chi connectivity index (χ4v) is 2.51. The summed E-state index contributed by atoms with van der Waals surface area (Å²) in [5, 5.41) is 3.31. The summed E-state index contributed by atoms with van der Waals surface area (Å²) in [4.78, 5) is 2.25. The summed E-state index contributed by atoms with van der Waals surface area (Å²) >= 11 is 0. The second kappa shape index (κ2) is 6.25. The highest BCUT2D eigenvalue weighted by Crippen LogP contribution is 2.17. The number of rotatable bonds is 5. The Morgan fingerprint density at radius 2 is 2.22 bits per heavy atom. The Kier molecular flexibility index (Phi) is 4.66. The van der Waals surface area contributed by atoms with E-state index in [0.717, 1.165) is 32.5 Å². The number of halogens is 2. The summed E-state index contributed by atoms with van der Waals surface area (Å²) in [5.41, 5.74) is 0.454. The van der Waals surface area contributed by atoms with Gasteiger partial charge in [-0.05, 0) is 44.1 Å². The third-order valence-electron chi connectivity index (χ3n) is 3.44. The fourth-order valence-electron chi connectivity index (χ4n) is 2.51. The zero-order chi connectivity index (χ0) is 13.0. The second-order valence-electron chi connectivity index (χ2n) is 4.85. The van der Waals surface area contributed by atoms with E-state index in [-0.39, 0.29) is 11.6 Å². The summed E-state index contributed by atoms with van der Waals surface area (Å²) in [6, 6.07) is 4.12. The van der Waals surface area contributed by atoms with Gasteiger partial charge in [-0.1, -0.05) is 6.92 Å². The molecule has 1 saturated heterocycles. The molecule has 1 aliphatic heterocycles. The molecule has 1 N–H and O–H groups in total. The molecule has 0 radical (unpaired) electrons. The van der Waals surface area contributed by atoms with E-state index >= 15 is 0 Å². The first-order valence-electron chi connectivity index (χ1n) is 6.59. The van der Waals surface area contributed by atoms with Crippen molar-refractivity contribution in [2.24, 2.45) is 0 Å². The van der Waals surface area contributed by atoms with E-state index in [9.17, 15) is 8.78 Å². The lowest BCUT2D eigenvalue weighted by Crippen LogP contribution is -2.37. The molecular formula is C14H20F2N2. The van der Waals surface area contributed by atoms with E-state index in [1.165, 1.54) is 18.2 Å². The van der Waals surface area contributed by atoms with Crippen molar-refractivity contribution in [3.8, 4) is 0 Å². The van der Waals surface area contributed by atoms with Gasteiger partial charge in [-0.15, -0.1) is 0 Å². The van der Waals surface area contributed by atoms with Crippen LogP contribution >= 0.6 is 0 Å². The normalized spacial score (nSPS) is 19.7. The van der Waals surface area contributed by atoms with Crippen LogP contribution in [0.4, 0.5) is 8.78 Å². The Morgan fingerprint density at radius 1 is 1.39 bits per heavy atom. The molecule has 0 amide bonds. The number of nitrogens with zero attached hydrogens (tertiary/aromatic N) is 1. The smallest absolute Gasteiger partial charge is 0.127 e. The van der Waals surface area contributed by atoms with Gasteiger partial charge in [-0.3, -0.25) is 4.90 Å².